The smallest absolute Gasteiger partial charge is 0.223 e. The molecule has 0 saturated heterocycles. The second kappa shape index (κ2) is 5.15. The van der Waals surface area contributed by atoms with Gasteiger partial charge in [-0.3, -0.25) is 4.79 Å². The van der Waals surface area contributed by atoms with Crippen molar-refractivity contribution in [2.75, 3.05) is 6.54 Å². The van der Waals surface area contributed by atoms with Crippen molar-refractivity contribution in [2.24, 2.45) is 17.6 Å². The molecule has 1 amide bonds. The number of nitrogens with one attached hydrogen (secondary N) is 1. The van der Waals surface area contributed by atoms with E-state index >= 15 is 0 Å². The van der Waals surface area contributed by atoms with E-state index in [1.807, 2.05) is 0 Å². The highest BCUT2D eigenvalue weighted by Crippen LogP contribution is 2.17. The van der Waals surface area contributed by atoms with Crippen LogP contribution in [-0.2, 0) is 4.79 Å². The molecule has 0 bridgehead atoms. The number of carbonyl (C=O) groups is 1. The molecule has 1 atom stereocenters. The molecule has 0 spiro atoms. The van der Waals surface area contributed by atoms with Crippen LogP contribution >= 0.6 is 0 Å². The van der Waals surface area contributed by atoms with Crippen molar-refractivity contribution >= 4 is 5.91 Å². The molecule has 1 unspecified atom stereocenters. The Labute approximate surface area is 85.7 Å². The molecule has 0 fully saturated rings. The first-order valence-corrected chi connectivity index (χ1v) is 5.29. The predicted octanol–water partition coefficient (Wildman–Crippen LogP) is 1.05. The molecule has 0 aromatic carbocycles. The lowest BCUT2D eigenvalue weighted by atomic mass is 10.0. The quantitative estimate of drug-likeness (QED) is 0.660. The number of rotatable bonds is 4. The monoisotopic (exact) mass is 196 g/mol. The Hall–Kier alpha value is -0.830. The molecule has 0 aromatic heterocycles. The summed E-state index contributed by atoms with van der Waals surface area (Å²) in [6.45, 7) is 4.72. The lowest BCUT2D eigenvalue weighted by Gasteiger charge is -2.17. The Morgan fingerprint density at radius 3 is 2.57 bits per heavy atom. The molecule has 0 radical (unpaired) electrons. The molecular formula is C11H20N2O. The Morgan fingerprint density at radius 2 is 2.07 bits per heavy atom. The van der Waals surface area contributed by atoms with Gasteiger partial charge in [-0.15, -0.1) is 0 Å². The van der Waals surface area contributed by atoms with E-state index in [4.69, 9.17) is 5.73 Å². The van der Waals surface area contributed by atoms with E-state index in [1.165, 1.54) is 0 Å². The first-order chi connectivity index (χ1) is 6.61. The Morgan fingerprint density at radius 1 is 1.50 bits per heavy atom. The van der Waals surface area contributed by atoms with Crippen LogP contribution in [0.4, 0.5) is 0 Å². The van der Waals surface area contributed by atoms with Gasteiger partial charge in [0.05, 0.1) is 0 Å². The molecule has 14 heavy (non-hydrogen) atoms. The van der Waals surface area contributed by atoms with Crippen molar-refractivity contribution < 1.29 is 4.79 Å². The maximum Gasteiger partial charge on any atom is 0.223 e. The van der Waals surface area contributed by atoms with Gasteiger partial charge in [-0.05, 0) is 18.8 Å². The van der Waals surface area contributed by atoms with Crippen LogP contribution in [0.15, 0.2) is 12.2 Å². The maximum atomic E-state index is 11.6. The van der Waals surface area contributed by atoms with Crippen LogP contribution in [0.1, 0.15) is 26.7 Å². The third-order valence-corrected chi connectivity index (χ3v) is 2.75. The SMILES string of the molecule is CC(C)C(N)CNC(=O)C1CC=CC1. The van der Waals surface area contributed by atoms with E-state index in [9.17, 15) is 4.79 Å². The van der Waals surface area contributed by atoms with Gasteiger partial charge in [0.25, 0.3) is 0 Å². The number of nitrogens with two attached hydrogens (primary N) is 1. The normalized spacial score (nSPS) is 18.9. The number of hydrogen-bond acceptors (Lipinski definition) is 2. The van der Waals surface area contributed by atoms with E-state index in [-0.39, 0.29) is 17.9 Å². The third kappa shape index (κ3) is 3.14. The van der Waals surface area contributed by atoms with E-state index in [2.05, 4.69) is 31.3 Å². The van der Waals surface area contributed by atoms with Crippen LogP contribution in [0, 0.1) is 11.8 Å². The fourth-order valence-electron chi connectivity index (χ4n) is 1.43. The number of carbonyl (C=O) groups excluding carboxylic acids is 1. The Bertz CT molecular complexity index is 215. The van der Waals surface area contributed by atoms with Crippen molar-refractivity contribution in [2.45, 2.75) is 32.7 Å². The molecular weight excluding hydrogens is 176 g/mol. The third-order valence-electron chi connectivity index (χ3n) is 2.75. The summed E-state index contributed by atoms with van der Waals surface area (Å²) in [5.74, 6) is 0.706. The molecule has 80 valence electrons. The minimum atomic E-state index is 0.0633. The van der Waals surface area contributed by atoms with Crippen LogP contribution in [-0.4, -0.2) is 18.5 Å². The molecule has 0 saturated carbocycles. The molecule has 1 rings (SSSR count). The van der Waals surface area contributed by atoms with Crippen LogP contribution in [0.2, 0.25) is 0 Å². The van der Waals surface area contributed by atoms with Gasteiger partial charge in [0.1, 0.15) is 0 Å². The molecule has 0 aromatic rings. The fourth-order valence-corrected chi connectivity index (χ4v) is 1.43. The summed E-state index contributed by atoms with van der Waals surface area (Å²) >= 11 is 0. The van der Waals surface area contributed by atoms with Crippen molar-refractivity contribution in [3.05, 3.63) is 12.2 Å². The second-order valence-corrected chi connectivity index (χ2v) is 4.29. The zero-order valence-corrected chi connectivity index (χ0v) is 8.99. The van der Waals surface area contributed by atoms with Gasteiger partial charge < -0.3 is 11.1 Å². The highest BCUT2D eigenvalue weighted by Gasteiger charge is 2.19. The summed E-state index contributed by atoms with van der Waals surface area (Å²) in [4.78, 5) is 11.6. The lowest BCUT2D eigenvalue weighted by Crippen LogP contribution is -2.42. The molecule has 3 nitrogen and oxygen atoms in total. The zero-order valence-electron chi connectivity index (χ0n) is 8.99. The van der Waals surface area contributed by atoms with Gasteiger partial charge >= 0.3 is 0 Å². The van der Waals surface area contributed by atoms with E-state index in [0.29, 0.717) is 12.5 Å². The number of hydrogen-bond donors (Lipinski definition) is 2. The van der Waals surface area contributed by atoms with Crippen molar-refractivity contribution in [3.8, 4) is 0 Å². The number of amides is 1. The van der Waals surface area contributed by atoms with Crippen molar-refractivity contribution in [3.63, 3.8) is 0 Å². The zero-order chi connectivity index (χ0) is 10.6. The summed E-state index contributed by atoms with van der Waals surface area (Å²) in [5.41, 5.74) is 5.83. The van der Waals surface area contributed by atoms with Gasteiger partial charge in [-0.1, -0.05) is 26.0 Å². The molecule has 0 heterocycles. The molecule has 3 N–H and O–H groups in total. The Balaban J connectivity index is 2.21. The van der Waals surface area contributed by atoms with E-state index in [0.717, 1.165) is 12.8 Å². The van der Waals surface area contributed by atoms with Crippen molar-refractivity contribution in [1.82, 2.24) is 5.32 Å². The van der Waals surface area contributed by atoms with Crippen LogP contribution in [0.5, 0.6) is 0 Å². The Kier molecular flexibility index (Phi) is 4.14. The van der Waals surface area contributed by atoms with Crippen molar-refractivity contribution in [1.29, 1.82) is 0 Å². The molecule has 1 aliphatic rings. The summed E-state index contributed by atoms with van der Waals surface area (Å²) in [6.07, 6.45) is 5.88. The van der Waals surface area contributed by atoms with E-state index in [1.54, 1.807) is 0 Å². The fraction of sp³-hybridized carbons (Fsp3) is 0.727. The van der Waals surface area contributed by atoms with Crippen LogP contribution in [0.3, 0.4) is 0 Å². The average molecular weight is 196 g/mol. The van der Waals surface area contributed by atoms with Gasteiger partial charge in [-0.25, -0.2) is 0 Å². The largest absolute Gasteiger partial charge is 0.354 e. The number of allylic oxidation sites excluding steroid dienone is 2. The van der Waals surface area contributed by atoms with Gasteiger partial charge in [0.15, 0.2) is 0 Å². The van der Waals surface area contributed by atoms with E-state index < -0.39 is 0 Å². The summed E-state index contributed by atoms with van der Waals surface area (Å²) in [5, 5.41) is 2.90. The first kappa shape index (κ1) is 11.2. The standard InChI is InChI=1S/C11H20N2O/c1-8(2)10(12)7-13-11(14)9-5-3-4-6-9/h3-4,8-10H,5-7,12H2,1-2H3,(H,13,14). The van der Waals surface area contributed by atoms with Gasteiger partial charge in [0, 0.05) is 18.5 Å². The average Bonchev–Trinajstić information content (AvgIpc) is 2.66. The first-order valence-electron chi connectivity index (χ1n) is 5.29. The van der Waals surface area contributed by atoms with Gasteiger partial charge in [-0.2, -0.15) is 0 Å². The second-order valence-electron chi connectivity index (χ2n) is 4.29. The lowest BCUT2D eigenvalue weighted by molar-refractivity contribution is -0.124. The van der Waals surface area contributed by atoms with Gasteiger partial charge in [0.2, 0.25) is 5.91 Å². The predicted molar refractivity (Wildman–Crippen MR) is 57.7 cm³/mol. The highest BCUT2D eigenvalue weighted by atomic mass is 16.1. The summed E-state index contributed by atoms with van der Waals surface area (Å²) < 4.78 is 0. The summed E-state index contributed by atoms with van der Waals surface area (Å²) in [6, 6.07) is 0.0633. The molecule has 1 aliphatic carbocycles. The molecule has 3 heteroatoms. The van der Waals surface area contributed by atoms with Crippen LogP contribution < -0.4 is 11.1 Å². The van der Waals surface area contributed by atoms with Crippen LogP contribution in [0.25, 0.3) is 0 Å². The molecule has 0 aliphatic heterocycles. The highest BCUT2D eigenvalue weighted by molar-refractivity contribution is 5.79. The minimum Gasteiger partial charge on any atom is -0.354 e. The summed E-state index contributed by atoms with van der Waals surface area (Å²) in [7, 11) is 0. The maximum absolute atomic E-state index is 11.6. The minimum absolute atomic E-state index is 0.0633. The topological polar surface area (TPSA) is 55.1 Å².